The van der Waals surface area contributed by atoms with Crippen LogP contribution in [0.2, 0.25) is 0 Å². The van der Waals surface area contributed by atoms with E-state index in [1.54, 1.807) is 36.4 Å². The van der Waals surface area contributed by atoms with Gasteiger partial charge in [-0.05, 0) is 52.7 Å². The first-order valence-corrected chi connectivity index (χ1v) is 12.1. The van der Waals surface area contributed by atoms with Crippen LogP contribution in [0.3, 0.4) is 0 Å². The molecule has 0 aromatic heterocycles. The summed E-state index contributed by atoms with van der Waals surface area (Å²) in [5, 5.41) is 13.8. The lowest BCUT2D eigenvalue weighted by atomic mass is 10.2. The molecule has 3 rings (SSSR count). The molecule has 2 aromatic carbocycles. The molecule has 0 atom stereocenters. The number of carbonyl (C=O) groups excluding carboxylic acids is 1. The molecule has 2 aromatic rings. The number of aryl methyl sites for hydroxylation is 1. The van der Waals surface area contributed by atoms with Gasteiger partial charge in [0.05, 0.1) is 29.2 Å². The summed E-state index contributed by atoms with van der Waals surface area (Å²) in [6.07, 6.45) is 1.44. The first kappa shape index (κ1) is 24.2. The van der Waals surface area contributed by atoms with E-state index in [9.17, 15) is 18.3 Å². The van der Waals surface area contributed by atoms with Crippen molar-refractivity contribution in [3.05, 3.63) is 52.0 Å². The van der Waals surface area contributed by atoms with Crippen LogP contribution in [0.5, 0.6) is 11.5 Å². The number of methoxy groups -OCH3 is 1. The molecule has 0 bridgehead atoms. The Morgan fingerprint density at radius 1 is 1.22 bits per heavy atom. The fourth-order valence-electron chi connectivity index (χ4n) is 3.23. The maximum atomic E-state index is 12.8. The van der Waals surface area contributed by atoms with Crippen molar-refractivity contribution in [3.8, 4) is 11.5 Å². The molecule has 0 unspecified atom stereocenters. The summed E-state index contributed by atoms with van der Waals surface area (Å²) in [5.41, 5.74) is 4.09. The van der Waals surface area contributed by atoms with E-state index in [2.05, 4.69) is 26.5 Å². The molecule has 2 N–H and O–H groups in total. The lowest BCUT2D eigenvalue weighted by Gasteiger charge is -2.33. The number of hydrogen-bond donors (Lipinski definition) is 2. The number of phenolic OH excluding ortho intramolecular Hbond substituents is 1. The van der Waals surface area contributed by atoms with E-state index in [-0.39, 0.29) is 28.8 Å². The van der Waals surface area contributed by atoms with E-state index >= 15 is 0 Å². The van der Waals surface area contributed by atoms with Crippen molar-refractivity contribution in [1.29, 1.82) is 0 Å². The number of nitrogens with one attached hydrogen (secondary N) is 1. The fourth-order valence-corrected chi connectivity index (χ4v) is 5.11. The molecule has 32 heavy (non-hydrogen) atoms. The Kier molecular flexibility index (Phi) is 7.88. The van der Waals surface area contributed by atoms with Crippen molar-refractivity contribution < 1.29 is 23.1 Å². The number of nitrogens with zero attached hydrogens (tertiary/aromatic N) is 3. The molecule has 0 spiro atoms. The van der Waals surface area contributed by atoms with Crippen molar-refractivity contribution in [2.24, 2.45) is 5.10 Å². The van der Waals surface area contributed by atoms with E-state index in [1.807, 2.05) is 11.8 Å². The first-order valence-electron chi connectivity index (χ1n) is 9.88. The molecule has 1 amide bonds. The Morgan fingerprint density at radius 2 is 1.88 bits per heavy atom. The van der Waals surface area contributed by atoms with E-state index in [4.69, 9.17) is 4.74 Å². The molecule has 1 fully saturated rings. The highest BCUT2D eigenvalue weighted by atomic mass is 79.9. The number of rotatable bonds is 7. The number of hydrogen-bond acceptors (Lipinski definition) is 7. The number of aromatic hydroxyl groups is 1. The maximum absolute atomic E-state index is 12.8. The van der Waals surface area contributed by atoms with Gasteiger partial charge >= 0.3 is 0 Å². The quantitative estimate of drug-likeness (QED) is 0.422. The van der Waals surface area contributed by atoms with E-state index in [1.165, 1.54) is 17.6 Å². The van der Waals surface area contributed by atoms with Crippen LogP contribution < -0.4 is 10.2 Å². The number of piperazine rings is 1. The summed E-state index contributed by atoms with van der Waals surface area (Å²) in [5.74, 6) is -0.0382. The number of carbonyl (C=O) groups is 1. The number of halogens is 1. The topological polar surface area (TPSA) is 112 Å². The summed E-state index contributed by atoms with van der Waals surface area (Å²) in [4.78, 5) is 14.4. The van der Waals surface area contributed by atoms with Crippen LogP contribution in [0.4, 0.5) is 0 Å². The van der Waals surface area contributed by atoms with Gasteiger partial charge in [-0.3, -0.25) is 9.69 Å². The molecule has 1 saturated heterocycles. The Balaban J connectivity index is 1.50. The summed E-state index contributed by atoms with van der Waals surface area (Å²) >= 11 is 3.23. The van der Waals surface area contributed by atoms with Crippen LogP contribution in [-0.4, -0.2) is 74.7 Å². The summed E-state index contributed by atoms with van der Waals surface area (Å²) in [6.45, 7) is 3.54. The van der Waals surface area contributed by atoms with Gasteiger partial charge in [0.25, 0.3) is 5.91 Å². The minimum Gasteiger partial charge on any atom is -0.503 e. The second-order valence-electron chi connectivity index (χ2n) is 7.34. The third-order valence-electron chi connectivity index (χ3n) is 5.03. The second-order valence-corrected chi connectivity index (χ2v) is 10.1. The van der Waals surface area contributed by atoms with Crippen molar-refractivity contribution in [3.63, 3.8) is 0 Å². The summed E-state index contributed by atoms with van der Waals surface area (Å²) in [6, 6.07) is 10.0. The van der Waals surface area contributed by atoms with Gasteiger partial charge in [0.1, 0.15) is 0 Å². The maximum Gasteiger partial charge on any atom is 0.254 e. The third-order valence-corrected chi connectivity index (χ3v) is 7.55. The Labute approximate surface area is 195 Å². The Morgan fingerprint density at radius 3 is 2.50 bits per heavy atom. The van der Waals surface area contributed by atoms with E-state index in [0.717, 1.165) is 5.56 Å². The third kappa shape index (κ3) is 5.85. The number of benzene rings is 2. The molecule has 11 heteroatoms. The molecule has 9 nitrogen and oxygen atoms in total. The normalized spacial score (nSPS) is 15.7. The number of hydrazone groups is 1. The number of ether oxygens (including phenoxy) is 1. The van der Waals surface area contributed by atoms with Gasteiger partial charge in [-0.25, -0.2) is 13.8 Å². The molecule has 0 aliphatic carbocycles. The predicted octanol–water partition coefficient (Wildman–Crippen LogP) is 1.93. The monoisotopic (exact) mass is 524 g/mol. The highest BCUT2D eigenvalue weighted by molar-refractivity contribution is 9.10. The van der Waals surface area contributed by atoms with Crippen LogP contribution in [0.1, 0.15) is 11.1 Å². The molecular weight excluding hydrogens is 500 g/mol. The SMILES string of the molecule is COc1cc(/C=N/NC(=O)CN2CCN(S(=O)(=O)c3ccc(C)cc3)CC2)cc(Br)c1O. The lowest BCUT2D eigenvalue weighted by Crippen LogP contribution is -2.50. The highest BCUT2D eigenvalue weighted by Crippen LogP contribution is 2.34. The van der Waals surface area contributed by atoms with Gasteiger partial charge in [-0.1, -0.05) is 17.7 Å². The molecular formula is C21H25BrN4O5S. The number of amides is 1. The Hall–Kier alpha value is -2.47. The van der Waals surface area contributed by atoms with E-state index < -0.39 is 10.0 Å². The zero-order valence-corrected chi connectivity index (χ0v) is 20.2. The molecule has 172 valence electrons. The van der Waals surface area contributed by atoms with Gasteiger partial charge in [-0.15, -0.1) is 0 Å². The number of sulfonamides is 1. The van der Waals surface area contributed by atoms with Crippen molar-refractivity contribution >= 4 is 38.1 Å². The van der Waals surface area contributed by atoms with Crippen LogP contribution >= 0.6 is 15.9 Å². The van der Waals surface area contributed by atoms with Crippen LogP contribution in [0.25, 0.3) is 0 Å². The molecule has 1 aliphatic heterocycles. The molecule has 1 heterocycles. The highest BCUT2D eigenvalue weighted by Gasteiger charge is 2.28. The van der Waals surface area contributed by atoms with Gasteiger partial charge in [0, 0.05) is 26.2 Å². The predicted molar refractivity (Wildman–Crippen MR) is 124 cm³/mol. The van der Waals surface area contributed by atoms with Crippen LogP contribution in [0, 0.1) is 6.92 Å². The number of phenols is 1. The molecule has 1 aliphatic rings. The van der Waals surface area contributed by atoms with E-state index in [0.29, 0.717) is 36.2 Å². The standard InChI is InChI=1S/C21H25BrN4O5S/c1-15-3-5-17(6-4-15)32(29,30)26-9-7-25(8-10-26)14-20(27)24-23-13-16-11-18(22)21(28)19(12-16)31-2/h3-6,11-13,28H,7-10,14H2,1-2H3,(H,24,27)/b23-13+. The molecule has 0 saturated carbocycles. The largest absolute Gasteiger partial charge is 0.503 e. The van der Waals surface area contributed by atoms with Crippen LogP contribution in [-0.2, 0) is 14.8 Å². The summed E-state index contributed by atoms with van der Waals surface area (Å²) in [7, 11) is -2.10. The van der Waals surface area contributed by atoms with Crippen LogP contribution in [0.15, 0.2) is 50.9 Å². The summed E-state index contributed by atoms with van der Waals surface area (Å²) < 4.78 is 32.5. The van der Waals surface area contributed by atoms with Gasteiger partial charge in [0.2, 0.25) is 10.0 Å². The average Bonchev–Trinajstić information content (AvgIpc) is 2.76. The smallest absolute Gasteiger partial charge is 0.254 e. The minimum atomic E-state index is -3.54. The minimum absolute atomic E-state index is 0.0165. The fraction of sp³-hybridized carbons (Fsp3) is 0.333. The Bertz CT molecular complexity index is 1100. The zero-order valence-electron chi connectivity index (χ0n) is 17.8. The second kappa shape index (κ2) is 10.4. The van der Waals surface area contributed by atoms with Gasteiger partial charge < -0.3 is 9.84 Å². The lowest BCUT2D eigenvalue weighted by molar-refractivity contribution is -0.122. The average molecular weight is 525 g/mol. The zero-order chi connectivity index (χ0) is 23.3. The van der Waals surface area contributed by atoms with Gasteiger partial charge in [-0.2, -0.15) is 9.41 Å². The van der Waals surface area contributed by atoms with Gasteiger partial charge in [0.15, 0.2) is 11.5 Å². The van der Waals surface area contributed by atoms with Crippen molar-refractivity contribution in [1.82, 2.24) is 14.6 Å². The van der Waals surface area contributed by atoms with Crippen molar-refractivity contribution in [2.75, 3.05) is 39.8 Å². The first-order chi connectivity index (χ1) is 15.2. The molecule has 0 radical (unpaired) electrons. The van der Waals surface area contributed by atoms with Crippen molar-refractivity contribution in [2.45, 2.75) is 11.8 Å².